The van der Waals surface area contributed by atoms with Crippen LogP contribution < -0.4 is 5.32 Å². The zero-order valence-corrected chi connectivity index (χ0v) is 14.0. The normalized spacial score (nSPS) is 12.3. The molecule has 130 valence electrons. The number of carbonyl (C=O) groups excluding carboxylic acids is 1. The number of carbonyl (C=O) groups is 1. The van der Waals surface area contributed by atoms with E-state index >= 15 is 0 Å². The van der Waals surface area contributed by atoms with Gasteiger partial charge < -0.3 is 14.8 Å². The number of aryl methyl sites for hydroxylation is 1. The van der Waals surface area contributed by atoms with Gasteiger partial charge >= 0.3 is 0 Å². The summed E-state index contributed by atoms with van der Waals surface area (Å²) < 4.78 is 18.6. The number of nitrogens with one attached hydrogen (secondary N) is 1. The summed E-state index contributed by atoms with van der Waals surface area (Å²) in [6.07, 6.45) is 0.669. The van der Waals surface area contributed by atoms with Crippen LogP contribution in [0.15, 0.2) is 52.9 Å². The van der Waals surface area contributed by atoms with Crippen molar-refractivity contribution >= 4 is 16.9 Å². The molecule has 0 fully saturated rings. The fourth-order valence-corrected chi connectivity index (χ4v) is 2.71. The zero-order valence-electron chi connectivity index (χ0n) is 14.0. The summed E-state index contributed by atoms with van der Waals surface area (Å²) in [6, 6.07) is 13.7. The highest BCUT2D eigenvalue weighted by Crippen LogP contribution is 2.20. The van der Waals surface area contributed by atoms with Gasteiger partial charge in [-0.1, -0.05) is 29.8 Å². The van der Waals surface area contributed by atoms with Crippen LogP contribution in [0.5, 0.6) is 0 Å². The van der Waals surface area contributed by atoms with Crippen LogP contribution >= 0.6 is 0 Å². The van der Waals surface area contributed by atoms with Gasteiger partial charge in [0, 0.05) is 24.5 Å². The standard InChI is InChI=1S/C20H20FNO3/c1-13-2-4-14(5-3-13)8-15(12-23)11-22-20(24)19-10-16-9-17(21)6-7-18(16)25-19/h2-7,9-10,15,23H,8,11-12H2,1H3,(H,22,24)/t15-/m0/s1. The van der Waals surface area contributed by atoms with Gasteiger partial charge in [-0.2, -0.15) is 0 Å². The van der Waals surface area contributed by atoms with Crippen molar-refractivity contribution in [3.8, 4) is 0 Å². The smallest absolute Gasteiger partial charge is 0.287 e. The summed E-state index contributed by atoms with van der Waals surface area (Å²) >= 11 is 0. The van der Waals surface area contributed by atoms with Gasteiger partial charge in [0.25, 0.3) is 5.91 Å². The fourth-order valence-electron chi connectivity index (χ4n) is 2.71. The Balaban J connectivity index is 1.61. The van der Waals surface area contributed by atoms with Crippen LogP contribution in [-0.2, 0) is 6.42 Å². The molecule has 3 rings (SSSR count). The van der Waals surface area contributed by atoms with Crippen LogP contribution in [0.1, 0.15) is 21.7 Å². The van der Waals surface area contributed by atoms with E-state index < -0.39 is 0 Å². The lowest BCUT2D eigenvalue weighted by Gasteiger charge is -2.14. The third-order valence-corrected chi connectivity index (χ3v) is 4.16. The molecular formula is C20H20FNO3. The molecule has 3 aromatic rings. The molecular weight excluding hydrogens is 321 g/mol. The Bertz CT molecular complexity index is 870. The molecule has 0 aliphatic heterocycles. The summed E-state index contributed by atoms with van der Waals surface area (Å²) in [5.74, 6) is -0.709. The van der Waals surface area contributed by atoms with Crippen LogP contribution in [0.25, 0.3) is 11.0 Å². The lowest BCUT2D eigenvalue weighted by Crippen LogP contribution is -2.31. The van der Waals surface area contributed by atoms with Gasteiger partial charge in [0.15, 0.2) is 5.76 Å². The zero-order chi connectivity index (χ0) is 17.8. The Morgan fingerprint density at radius 2 is 1.96 bits per heavy atom. The van der Waals surface area contributed by atoms with Crippen molar-refractivity contribution in [1.29, 1.82) is 0 Å². The van der Waals surface area contributed by atoms with Gasteiger partial charge in [-0.3, -0.25) is 4.79 Å². The van der Waals surface area contributed by atoms with E-state index in [-0.39, 0.29) is 30.0 Å². The Kier molecular flexibility index (Phi) is 5.14. The second-order valence-electron chi connectivity index (χ2n) is 6.24. The topological polar surface area (TPSA) is 62.5 Å². The average Bonchev–Trinajstić information content (AvgIpc) is 3.03. The lowest BCUT2D eigenvalue weighted by atomic mass is 9.99. The van der Waals surface area contributed by atoms with Crippen LogP contribution in [0.3, 0.4) is 0 Å². The lowest BCUT2D eigenvalue weighted by molar-refractivity contribution is 0.0914. The average molecular weight is 341 g/mol. The Morgan fingerprint density at radius 1 is 1.20 bits per heavy atom. The van der Waals surface area contributed by atoms with Gasteiger partial charge in [-0.05, 0) is 43.2 Å². The monoisotopic (exact) mass is 341 g/mol. The van der Waals surface area contributed by atoms with E-state index in [1.54, 1.807) is 0 Å². The Labute approximate surface area is 145 Å². The number of aliphatic hydroxyl groups excluding tert-OH is 1. The molecule has 25 heavy (non-hydrogen) atoms. The first-order valence-corrected chi connectivity index (χ1v) is 8.19. The van der Waals surface area contributed by atoms with E-state index in [0.717, 1.165) is 5.56 Å². The Hall–Kier alpha value is -2.66. The first-order valence-electron chi connectivity index (χ1n) is 8.19. The van der Waals surface area contributed by atoms with Crippen LogP contribution in [0.4, 0.5) is 4.39 Å². The fraction of sp³-hybridized carbons (Fsp3) is 0.250. The van der Waals surface area contributed by atoms with Crippen molar-refractivity contribution < 1.29 is 18.7 Å². The number of hydrogen-bond donors (Lipinski definition) is 2. The number of benzene rings is 2. The number of rotatable bonds is 6. The molecule has 5 heteroatoms. The van der Waals surface area contributed by atoms with Crippen LogP contribution in [-0.4, -0.2) is 24.2 Å². The van der Waals surface area contributed by atoms with Crippen molar-refractivity contribution in [1.82, 2.24) is 5.32 Å². The number of amides is 1. The molecule has 1 aromatic heterocycles. The van der Waals surface area contributed by atoms with E-state index in [4.69, 9.17) is 4.42 Å². The molecule has 0 aliphatic carbocycles. The predicted molar refractivity (Wildman–Crippen MR) is 94.0 cm³/mol. The van der Waals surface area contributed by atoms with Crippen LogP contribution in [0.2, 0.25) is 0 Å². The summed E-state index contributed by atoms with van der Waals surface area (Å²) in [5.41, 5.74) is 2.75. The highest BCUT2D eigenvalue weighted by Gasteiger charge is 2.15. The predicted octanol–water partition coefficient (Wildman–Crippen LogP) is 3.46. The first-order chi connectivity index (χ1) is 12.0. The van der Waals surface area contributed by atoms with Crippen molar-refractivity contribution in [3.63, 3.8) is 0 Å². The second kappa shape index (κ2) is 7.49. The van der Waals surface area contributed by atoms with Gasteiger partial charge in [0.2, 0.25) is 0 Å². The minimum absolute atomic E-state index is 0.0283. The third-order valence-electron chi connectivity index (χ3n) is 4.16. The molecule has 0 radical (unpaired) electrons. The van der Waals surface area contributed by atoms with E-state index in [9.17, 15) is 14.3 Å². The molecule has 1 atom stereocenters. The first kappa shape index (κ1) is 17.2. The number of hydrogen-bond acceptors (Lipinski definition) is 3. The number of halogens is 1. The van der Waals surface area contributed by atoms with Crippen molar-refractivity contribution in [2.45, 2.75) is 13.3 Å². The van der Waals surface area contributed by atoms with Gasteiger partial charge in [-0.25, -0.2) is 4.39 Å². The van der Waals surface area contributed by atoms with Crippen molar-refractivity contribution in [2.75, 3.05) is 13.2 Å². The third kappa shape index (κ3) is 4.25. The number of aliphatic hydroxyl groups is 1. The minimum Gasteiger partial charge on any atom is -0.451 e. The number of fused-ring (bicyclic) bond motifs is 1. The van der Waals surface area contributed by atoms with Crippen molar-refractivity contribution in [3.05, 3.63) is 71.2 Å². The van der Waals surface area contributed by atoms with Crippen molar-refractivity contribution in [2.24, 2.45) is 5.92 Å². The SMILES string of the molecule is Cc1ccc(C[C@H](CO)CNC(=O)c2cc3cc(F)ccc3o2)cc1. The maximum Gasteiger partial charge on any atom is 0.287 e. The Morgan fingerprint density at radius 3 is 2.68 bits per heavy atom. The molecule has 0 saturated heterocycles. The van der Waals surface area contributed by atoms with Crippen LogP contribution in [0, 0.1) is 18.7 Å². The summed E-state index contributed by atoms with van der Waals surface area (Å²) in [4.78, 5) is 12.2. The van der Waals surface area contributed by atoms with Gasteiger partial charge in [0.05, 0.1) is 0 Å². The largest absolute Gasteiger partial charge is 0.451 e. The van der Waals surface area contributed by atoms with E-state index in [1.807, 2.05) is 31.2 Å². The summed E-state index contributed by atoms with van der Waals surface area (Å²) in [5, 5.41) is 12.9. The number of furan rings is 1. The maximum atomic E-state index is 13.2. The van der Waals surface area contributed by atoms with Gasteiger partial charge in [-0.15, -0.1) is 0 Å². The molecule has 0 unspecified atom stereocenters. The quantitative estimate of drug-likeness (QED) is 0.722. The molecule has 0 spiro atoms. The highest BCUT2D eigenvalue weighted by molar-refractivity contribution is 5.96. The van der Waals surface area contributed by atoms with E-state index in [1.165, 1.54) is 29.8 Å². The molecule has 1 amide bonds. The second-order valence-corrected chi connectivity index (χ2v) is 6.24. The molecule has 0 bridgehead atoms. The van der Waals surface area contributed by atoms with E-state index in [0.29, 0.717) is 23.9 Å². The molecule has 1 heterocycles. The molecule has 0 aliphatic rings. The molecule has 2 N–H and O–H groups in total. The summed E-state index contributed by atoms with van der Waals surface area (Å²) in [6.45, 7) is 2.32. The summed E-state index contributed by atoms with van der Waals surface area (Å²) in [7, 11) is 0. The maximum absolute atomic E-state index is 13.2. The van der Waals surface area contributed by atoms with Gasteiger partial charge in [0.1, 0.15) is 11.4 Å². The highest BCUT2D eigenvalue weighted by atomic mass is 19.1. The molecule has 0 saturated carbocycles. The van der Waals surface area contributed by atoms with E-state index in [2.05, 4.69) is 5.32 Å². The minimum atomic E-state index is -0.376. The molecule has 4 nitrogen and oxygen atoms in total. The molecule has 2 aromatic carbocycles.